The first kappa shape index (κ1) is 21.2. The number of carbonyl (C=O) groups excluding carboxylic acids is 1. The summed E-state index contributed by atoms with van der Waals surface area (Å²) >= 11 is 0. The van der Waals surface area contributed by atoms with E-state index in [-0.39, 0.29) is 17.3 Å². The number of sulfonamides is 1. The summed E-state index contributed by atoms with van der Waals surface area (Å²) in [4.78, 5) is 15.0. The molecule has 0 spiro atoms. The van der Waals surface area contributed by atoms with E-state index in [0.29, 0.717) is 37.1 Å². The van der Waals surface area contributed by atoms with E-state index in [2.05, 4.69) is 6.92 Å². The van der Waals surface area contributed by atoms with Crippen LogP contribution < -0.4 is 9.04 Å². The largest absolute Gasteiger partial charge is 0.492 e. The molecule has 1 fully saturated rings. The van der Waals surface area contributed by atoms with Gasteiger partial charge in [0.25, 0.3) is 10.0 Å². The SMILES string of the molecule is CCOc1ccccc1N(CC(=O)N1CCC[C@H](C)C1)S(=O)(=O)c1ccccc1. The maximum atomic E-state index is 13.5. The number of anilines is 1. The van der Waals surface area contributed by atoms with Crippen molar-refractivity contribution in [3.63, 3.8) is 0 Å². The third-order valence-corrected chi connectivity index (χ3v) is 6.83. The van der Waals surface area contributed by atoms with E-state index in [9.17, 15) is 13.2 Å². The number of ether oxygens (including phenoxy) is 1. The summed E-state index contributed by atoms with van der Waals surface area (Å²) < 4.78 is 33.8. The summed E-state index contributed by atoms with van der Waals surface area (Å²) in [6.45, 7) is 5.41. The van der Waals surface area contributed by atoms with Gasteiger partial charge in [0.05, 0.1) is 17.2 Å². The maximum Gasteiger partial charge on any atom is 0.264 e. The van der Waals surface area contributed by atoms with Crippen molar-refractivity contribution in [3.05, 3.63) is 54.6 Å². The van der Waals surface area contributed by atoms with Crippen molar-refractivity contribution < 1.29 is 17.9 Å². The van der Waals surface area contributed by atoms with Crippen molar-refractivity contribution in [2.75, 3.05) is 30.5 Å². The normalized spacial score (nSPS) is 17.0. The summed E-state index contributed by atoms with van der Waals surface area (Å²) in [5, 5.41) is 0. The summed E-state index contributed by atoms with van der Waals surface area (Å²) in [5.41, 5.74) is 0.372. The van der Waals surface area contributed by atoms with Gasteiger partial charge in [0, 0.05) is 13.1 Å². The highest BCUT2D eigenvalue weighted by atomic mass is 32.2. The maximum absolute atomic E-state index is 13.5. The van der Waals surface area contributed by atoms with Gasteiger partial charge >= 0.3 is 0 Å². The van der Waals surface area contributed by atoms with Crippen LogP contribution in [0.4, 0.5) is 5.69 Å². The van der Waals surface area contributed by atoms with Crippen LogP contribution in [-0.2, 0) is 14.8 Å². The van der Waals surface area contributed by atoms with E-state index in [1.54, 1.807) is 59.5 Å². The molecular weight excluding hydrogens is 388 g/mol. The van der Waals surface area contributed by atoms with Gasteiger partial charge in [-0.3, -0.25) is 9.10 Å². The Balaban J connectivity index is 1.99. The van der Waals surface area contributed by atoms with Crippen LogP contribution >= 0.6 is 0 Å². The first-order valence-electron chi connectivity index (χ1n) is 10.0. The molecule has 0 bridgehead atoms. The van der Waals surface area contributed by atoms with Crippen molar-refractivity contribution in [3.8, 4) is 5.75 Å². The molecule has 1 saturated heterocycles. The number of benzene rings is 2. The average molecular weight is 417 g/mol. The van der Waals surface area contributed by atoms with Gasteiger partial charge in [-0.05, 0) is 49.9 Å². The first-order chi connectivity index (χ1) is 13.9. The highest BCUT2D eigenvalue weighted by molar-refractivity contribution is 7.92. The predicted molar refractivity (Wildman–Crippen MR) is 114 cm³/mol. The molecule has 1 aliphatic rings. The lowest BCUT2D eigenvalue weighted by molar-refractivity contribution is -0.131. The Morgan fingerprint density at radius 2 is 1.83 bits per heavy atom. The van der Waals surface area contributed by atoms with Crippen LogP contribution in [0.15, 0.2) is 59.5 Å². The lowest BCUT2D eigenvalue weighted by Gasteiger charge is -2.33. The fourth-order valence-electron chi connectivity index (χ4n) is 3.60. The highest BCUT2D eigenvalue weighted by Gasteiger charge is 2.31. The zero-order valence-corrected chi connectivity index (χ0v) is 17.8. The van der Waals surface area contributed by atoms with Crippen LogP contribution in [0.1, 0.15) is 26.7 Å². The van der Waals surface area contributed by atoms with Crippen LogP contribution in [0.3, 0.4) is 0 Å². The van der Waals surface area contributed by atoms with Gasteiger partial charge in [-0.25, -0.2) is 8.42 Å². The fraction of sp³-hybridized carbons (Fsp3) is 0.409. The van der Waals surface area contributed by atoms with E-state index < -0.39 is 10.0 Å². The minimum absolute atomic E-state index is 0.145. The lowest BCUT2D eigenvalue weighted by atomic mass is 10.0. The number of hydrogen-bond acceptors (Lipinski definition) is 4. The summed E-state index contributed by atoms with van der Waals surface area (Å²) in [5.74, 6) is 0.666. The van der Waals surface area contributed by atoms with Gasteiger partial charge in [-0.2, -0.15) is 0 Å². The van der Waals surface area contributed by atoms with Crippen LogP contribution in [0, 0.1) is 5.92 Å². The second-order valence-corrected chi connectivity index (χ2v) is 9.17. The number of para-hydroxylation sites is 2. The molecule has 0 N–H and O–H groups in total. The Hall–Kier alpha value is -2.54. The fourth-order valence-corrected chi connectivity index (χ4v) is 5.04. The number of nitrogens with zero attached hydrogens (tertiary/aromatic N) is 2. The lowest BCUT2D eigenvalue weighted by Crippen LogP contribution is -2.46. The van der Waals surface area contributed by atoms with Crippen molar-refractivity contribution in [1.29, 1.82) is 0 Å². The first-order valence-corrected chi connectivity index (χ1v) is 11.4. The number of piperidine rings is 1. The van der Waals surface area contributed by atoms with Crippen LogP contribution in [0.25, 0.3) is 0 Å². The number of hydrogen-bond donors (Lipinski definition) is 0. The van der Waals surface area contributed by atoms with Crippen molar-refractivity contribution in [2.24, 2.45) is 5.92 Å². The van der Waals surface area contributed by atoms with Crippen molar-refractivity contribution in [1.82, 2.24) is 4.90 Å². The van der Waals surface area contributed by atoms with E-state index in [0.717, 1.165) is 12.8 Å². The molecular formula is C22H28N2O4S. The Bertz CT molecular complexity index is 931. The van der Waals surface area contributed by atoms with Crippen LogP contribution in [-0.4, -0.2) is 45.5 Å². The quantitative estimate of drug-likeness (QED) is 0.692. The number of carbonyl (C=O) groups is 1. The summed E-state index contributed by atoms with van der Waals surface area (Å²) in [6, 6.07) is 15.1. The van der Waals surface area contributed by atoms with Crippen molar-refractivity contribution in [2.45, 2.75) is 31.6 Å². The van der Waals surface area contributed by atoms with Gasteiger partial charge in [0.2, 0.25) is 5.91 Å². The molecule has 2 aromatic carbocycles. The highest BCUT2D eigenvalue weighted by Crippen LogP contribution is 2.32. The third-order valence-electron chi connectivity index (χ3n) is 5.05. The molecule has 1 aliphatic heterocycles. The molecule has 7 heteroatoms. The zero-order chi connectivity index (χ0) is 20.9. The Kier molecular flexibility index (Phi) is 6.79. The number of likely N-dealkylation sites (tertiary alicyclic amines) is 1. The Labute approximate surface area is 173 Å². The molecule has 0 saturated carbocycles. The van der Waals surface area contributed by atoms with Gasteiger partial charge in [-0.15, -0.1) is 0 Å². The molecule has 1 amide bonds. The minimum Gasteiger partial charge on any atom is -0.492 e. The summed E-state index contributed by atoms with van der Waals surface area (Å²) in [7, 11) is -3.94. The standard InChI is InChI=1S/C22H28N2O4S/c1-3-28-21-14-8-7-13-20(21)24(29(26,27)19-11-5-4-6-12-19)17-22(25)23-15-9-10-18(2)16-23/h4-8,11-14,18H,3,9-10,15-17H2,1-2H3/t18-/m0/s1. The Morgan fingerprint density at radius 3 is 2.52 bits per heavy atom. The molecule has 0 unspecified atom stereocenters. The molecule has 156 valence electrons. The topological polar surface area (TPSA) is 66.9 Å². The molecule has 0 aromatic heterocycles. The number of amides is 1. The van der Waals surface area contributed by atoms with Crippen LogP contribution in [0.2, 0.25) is 0 Å². The van der Waals surface area contributed by atoms with Crippen LogP contribution in [0.5, 0.6) is 5.75 Å². The molecule has 6 nitrogen and oxygen atoms in total. The molecule has 3 rings (SSSR count). The second kappa shape index (κ2) is 9.31. The van der Waals surface area contributed by atoms with Crippen molar-refractivity contribution >= 4 is 21.6 Å². The van der Waals surface area contributed by atoms with Gasteiger partial charge in [0.1, 0.15) is 12.3 Å². The van der Waals surface area contributed by atoms with E-state index in [1.807, 2.05) is 6.92 Å². The van der Waals surface area contributed by atoms with E-state index in [1.165, 1.54) is 4.31 Å². The molecule has 0 radical (unpaired) electrons. The van der Waals surface area contributed by atoms with Gasteiger partial charge < -0.3 is 9.64 Å². The minimum atomic E-state index is -3.94. The second-order valence-electron chi connectivity index (χ2n) is 7.31. The predicted octanol–water partition coefficient (Wildman–Crippen LogP) is 3.54. The van der Waals surface area contributed by atoms with Gasteiger partial charge in [0.15, 0.2) is 0 Å². The monoisotopic (exact) mass is 416 g/mol. The molecule has 0 aliphatic carbocycles. The zero-order valence-electron chi connectivity index (χ0n) is 17.0. The van der Waals surface area contributed by atoms with Gasteiger partial charge in [-0.1, -0.05) is 37.3 Å². The Morgan fingerprint density at radius 1 is 1.14 bits per heavy atom. The van der Waals surface area contributed by atoms with E-state index >= 15 is 0 Å². The summed E-state index contributed by atoms with van der Waals surface area (Å²) in [6.07, 6.45) is 2.02. The molecule has 1 heterocycles. The van der Waals surface area contributed by atoms with E-state index in [4.69, 9.17) is 4.74 Å². The smallest absolute Gasteiger partial charge is 0.264 e. The molecule has 2 aromatic rings. The average Bonchev–Trinajstić information content (AvgIpc) is 2.73. The number of rotatable bonds is 7. The molecule has 1 atom stereocenters. The molecule has 29 heavy (non-hydrogen) atoms. The third kappa shape index (κ3) is 4.90.